The summed E-state index contributed by atoms with van der Waals surface area (Å²) in [5.41, 5.74) is 0. The fourth-order valence-corrected chi connectivity index (χ4v) is 1.09. The van der Waals surface area contributed by atoms with Crippen LogP contribution in [0.25, 0.3) is 0 Å². The highest BCUT2D eigenvalue weighted by Crippen LogP contribution is 2.10. The van der Waals surface area contributed by atoms with Gasteiger partial charge >= 0.3 is 0 Å². The number of halogens is 2. The molecule has 6 heteroatoms. The molecular weight excluding hydrogens is 190 g/mol. The van der Waals surface area contributed by atoms with Crippen molar-refractivity contribution in [2.45, 2.75) is 19.8 Å². The highest BCUT2D eigenvalue weighted by Gasteiger charge is 2.12. The molecule has 0 fully saturated rings. The minimum atomic E-state index is -3.50. The predicted molar refractivity (Wildman–Crippen MR) is 40.6 cm³/mol. The smallest absolute Gasteiger partial charge is 0.264 e. The van der Waals surface area contributed by atoms with Gasteiger partial charge in [0.2, 0.25) is 6.43 Å². The number of hydrogen-bond acceptors (Lipinski definition) is 3. The lowest BCUT2D eigenvalue weighted by molar-refractivity contribution is 0.104. The lowest BCUT2D eigenvalue weighted by Crippen LogP contribution is -2.13. The van der Waals surface area contributed by atoms with Gasteiger partial charge in [-0.3, -0.25) is 4.18 Å². The summed E-state index contributed by atoms with van der Waals surface area (Å²) in [7, 11) is -3.50. The maximum atomic E-state index is 11.7. The lowest BCUT2D eigenvalue weighted by atomic mass is 10.1. The fraction of sp³-hybridized carbons (Fsp3) is 1.00. The van der Waals surface area contributed by atoms with E-state index in [0.717, 1.165) is 6.26 Å². The number of rotatable bonds is 5. The van der Waals surface area contributed by atoms with E-state index in [4.69, 9.17) is 0 Å². The van der Waals surface area contributed by atoms with Crippen LogP contribution in [-0.4, -0.2) is 27.7 Å². The molecule has 0 aromatic rings. The van der Waals surface area contributed by atoms with E-state index in [1.165, 1.54) is 6.92 Å². The van der Waals surface area contributed by atoms with Crippen LogP contribution in [0, 0.1) is 5.92 Å². The first-order valence-electron chi connectivity index (χ1n) is 3.44. The Labute approximate surface area is 70.8 Å². The first-order valence-corrected chi connectivity index (χ1v) is 5.25. The highest BCUT2D eigenvalue weighted by molar-refractivity contribution is 7.85. The maximum absolute atomic E-state index is 11.7. The molecular formula is C6H12F2O3S. The Morgan fingerprint density at radius 1 is 1.42 bits per heavy atom. The molecule has 1 atom stereocenters. The Bertz CT molecular complexity index is 213. The third kappa shape index (κ3) is 7.87. The van der Waals surface area contributed by atoms with Crippen molar-refractivity contribution < 1.29 is 21.4 Å². The quantitative estimate of drug-likeness (QED) is 0.630. The second-order valence-electron chi connectivity index (χ2n) is 2.72. The molecule has 0 heterocycles. The van der Waals surface area contributed by atoms with E-state index in [1.54, 1.807) is 0 Å². The molecule has 0 saturated heterocycles. The Balaban J connectivity index is 3.65. The molecule has 0 spiro atoms. The summed E-state index contributed by atoms with van der Waals surface area (Å²) in [6, 6.07) is 0. The number of hydrogen-bond donors (Lipinski definition) is 0. The summed E-state index contributed by atoms with van der Waals surface area (Å²) in [6.07, 6.45) is -1.86. The van der Waals surface area contributed by atoms with Crippen molar-refractivity contribution in [3.8, 4) is 0 Å². The molecule has 0 aromatic carbocycles. The average Bonchev–Trinajstić information content (AvgIpc) is 1.80. The Kier molecular flexibility index (Phi) is 4.62. The van der Waals surface area contributed by atoms with Crippen molar-refractivity contribution >= 4 is 10.1 Å². The fourth-order valence-electron chi connectivity index (χ4n) is 0.612. The van der Waals surface area contributed by atoms with E-state index >= 15 is 0 Å². The van der Waals surface area contributed by atoms with Gasteiger partial charge in [-0.25, -0.2) is 8.78 Å². The van der Waals surface area contributed by atoms with Crippen LogP contribution in [0.3, 0.4) is 0 Å². The van der Waals surface area contributed by atoms with Crippen molar-refractivity contribution in [1.82, 2.24) is 0 Å². The van der Waals surface area contributed by atoms with Crippen molar-refractivity contribution in [2.24, 2.45) is 5.92 Å². The molecule has 0 rings (SSSR count). The Morgan fingerprint density at radius 2 is 1.92 bits per heavy atom. The Morgan fingerprint density at radius 3 is 2.25 bits per heavy atom. The van der Waals surface area contributed by atoms with Crippen LogP contribution in [0.2, 0.25) is 0 Å². The van der Waals surface area contributed by atoms with Crippen LogP contribution in [0.1, 0.15) is 13.3 Å². The molecule has 12 heavy (non-hydrogen) atoms. The first kappa shape index (κ1) is 11.8. The molecule has 0 N–H and O–H groups in total. The van der Waals surface area contributed by atoms with E-state index in [2.05, 4.69) is 4.18 Å². The van der Waals surface area contributed by atoms with Gasteiger partial charge in [0.1, 0.15) is 0 Å². The third-order valence-corrected chi connectivity index (χ3v) is 1.71. The van der Waals surface area contributed by atoms with Gasteiger partial charge in [0.15, 0.2) is 0 Å². The van der Waals surface area contributed by atoms with Gasteiger partial charge in [-0.2, -0.15) is 8.42 Å². The first-order chi connectivity index (χ1) is 5.31. The molecule has 0 amide bonds. The summed E-state index contributed by atoms with van der Waals surface area (Å²) >= 11 is 0. The highest BCUT2D eigenvalue weighted by atomic mass is 32.2. The van der Waals surface area contributed by atoms with E-state index in [9.17, 15) is 17.2 Å². The van der Waals surface area contributed by atoms with Crippen molar-refractivity contribution in [3.05, 3.63) is 0 Å². The van der Waals surface area contributed by atoms with E-state index in [-0.39, 0.29) is 13.0 Å². The standard InChI is InChI=1S/C6H12F2O3S/c1-5(3-6(7)8)4-11-12(2,9)10/h5-6H,3-4H2,1-2H3/t5-/m0/s1. The van der Waals surface area contributed by atoms with Gasteiger partial charge in [0, 0.05) is 6.42 Å². The van der Waals surface area contributed by atoms with Gasteiger partial charge in [-0.05, 0) is 5.92 Å². The molecule has 74 valence electrons. The van der Waals surface area contributed by atoms with Crippen LogP contribution in [0.5, 0.6) is 0 Å². The van der Waals surface area contributed by atoms with E-state index < -0.39 is 22.5 Å². The van der Waals surface area contributed by atoms with E-state index in [0.29, 0.717) is 0 Å². The van der Waals surface area contributed by atoms with Crippen LogP contribution >= 0.6 is 0 Å². The molecule has 0 bridgehead atoms. The van der Waals surface area contributed by atoms with Crippen LogP contribution in [0.4, 0.5) is 8.78 Å². The van der Waals surface area contributed by atoms with Gasteiger partial charge in [0.05, 0.1) is 12.9 Å². The van der Waals surface area contributed by atoms with Gasteiger partial charge in [-0.1, -0.05) is 6.92 Å². The summed E-state index contributed by atoms with van der Waals surface area (Å²) < 4.78 is 48.6. The normalized spacial score (nSPS) is 15.1. The summed E-state index contributed by atoms with van der Waals surface area (Å²) in [6.45, 7) is 1.33. The van der Waals surface area contributed by atoms with Crippen molar-refractivity contribution in [1.29, 1.82) is 0 Å². The monoisotopic (exact) mass is 202 g/mol. The Hall–Kier alpha value is -0.230. The lowest BCUT2D eigenvalue weighted by Gasteiger charge is -2.09. The molecule has 0 aliphatic carbocycles. The topological polar surface area (TPSA) is 43.4 Å². The minimum Gasteiger partial charge on any atom is -0.270 e. The predicted octanol–water partition coefficient (Wildman–Crippen LogP) is 1.25. The van der Waals surface area contributed by atoms with Gasteiger partial charge in [-0.15, -0.1) is 0 Å². The molecule has 0 saturated carbocycles. The number of alkyl halides is 2. The molecule has 0 aliphatic rings. The molecule has 0 aromatic heterocycles. The zero-order valence-electron chi connectivity index (χ0n) is 6.96. The average molecular weight is 202 g/mol. The summed E-state index contributed by atoms with van der Waals surface area (Å²) in [4.78, 5) is 0. The molecule has 3 nitrogen and oxygen atoms in total. The largest absolute Gasteiger partial charge is 0.270 e. The second kappa shape index (κ2) is 4.71. The molecule has 0 aliphatic heterocycles. The zero-order valence-corrected chi connectivity index (χ0v) is 7.77. The summed E-state index contributed by atoms with van der Waals surface area (Å²) in [5.74, 6) is -0.445. The van der Waals surface area contributed by atoms with Crippen LogP contribution < -0.4 is 0 Å². The second-order valence-corrected chi connectivity index (χ2v) is 4.36. The molecule has 0 unspecified atom stereocenters. The third-order valence-electron chi connectivity index (χ3n) is 1.15. The minimum absolute atomic E-state index is 0.177. The van der Waals surface area contributed by atoms with Gasteiger partial charge < -0.3 is 0 Å². The summed E-state index contributed by atoms with van der Waals surface area (Å²) in [5, 5.41) is 0. The van der Waals surface area contributed by atoms with Gasteiger partial charge in [0.25, 0.3) is 10.1 Å². The van der Waals surface area contributed by atoms with Crippen molar-refractivity contribution in [2.75, 3.05) is 12.9 Å². The SMILES string of the molecule is C[C@H](COS(C)(=O)=O)CC(F)F. The molecule has 0 radical (unpaired) electrons. The maximum Gasteiger partial charge on any atom is 0.264 e. The van der Waals surface area contributed by atoms with Crippen molar-refractivity contribution in [3.63, 3.8) is 0 Å². The van der Waals surface area contributed by atoms with Crippen LogP contribution in [-0.2, 0) is 14.3 Å². The van der Waals surface area contributed by atoms with E-state index in [1.807, 2.05) is 0 Å². The zero-order chi connectivity index (χ0) is 9.78. The van der Waals surface area contributed by atoms with Crippen LogP contribution in [0.15, 0.2) is 0 Å².